The van der Waals surface area contributed by atoms with Crippen LogP contribution in [0.4, 0.5) is 0 Å². The average molecular weight is 230 g/mol. The van der Waals surface area contributed by atoms with E-state index in [1.807, 2.05) is 30.5 Å². The van der Waals surface area contributed by atoms with E-state index < -0.39 is 5.91 Å². The van der Waals surface area contributed by atoms with Crippen molar-refractivity contribution >= 4 is 5.91 Å². The second-order valence-corrected chi connectivity index (χ2v) is 4.02. The highest BCUT2D eigenvalue weighted by Gasteiger charge is 2.10. The second-order valence-electron chi connectivity index (χ2n) is 4.02. The number of carbonyl (C=O) groups is 1. The summed E-state index contributed by atoms with van der Waals surface area (Å²) >= 11 is 0. The Balaban J connectivity index is 2.58. The molecule has 17 heavy (non-hydrogen) atoms. The van der Waals surface area contributed by atoms with Crippen LogP contribution in [0.3, 0.4) is 0 Å². The highest BCUT2D eigenvalue weighted by atomic mass is 16.3. The van der Waals surface area contributed by atoms with E-state index in [1.54, 1.807) is 12.1 Å². The van der Waals surface area contributed by atoms with Crippen molar-refractivity contribution in [2.45, 2.75) is 13.8 Å². The molecule has 0 bridgehead atoms. The summed E-state index contributed by atoms with van der Waals surface area (Å²) in [5.74, 6) is -0.503. The predicted octanol–water partition coefficient (Wildman–Crippen LogP) is 1.90. The summed E-state index contributed by atoms with van der Waals surface area (Å²) in [4.78, 5) is 11.0. The number of aryl methyl sites for hydroxylation is 2. The lowest BCUT2D eigenvalue weighted by Crippen LogP contribution is -2.11. The van der Waals surface area contributed by atoms with Crippen LogP contribution in [0, 0.1) is 13.8 Å². The van der Waals surface area contributed by atoms with E-state index in [-0.39, 0.29) is 5.75 Å². The summed E-state index contributed by atoms with van der Waals surface area (Å²) in [6.45, 7) is 3.91. The number of rotatable bonds is 2. The maximum absolute atomic E-state index is 11.0. The minimum Gasteiger partial charge on any atom is -0.506 e. The van der Waals surface area contributed by atoms with Crippen LogP contribution in [0.1, 0.15) is 21.7 Å². The van der Waals surface area contributed by atoms with E-state index in [4.69, 9.17) is 5.73 Å². The summed E-state index contributed by atoms with van der Waals surface area (Å²) in [6.07, 6.45) is 0. The highest BCUT2D eigenvalue weighted by molar-refractivity contribution is 5.93. The number of carbonyl (C=O) groups excluding carboxylic acids is 1. The van der Waals surface area contributed by atoms with E-state index in [0.717, 1.165) is 11.4 Å². The number of phenols is 1. The van der Waals surface area contributed by atoms with Crippen molar-refractivity contribution in [3.63, 3.8) is 0 Å². The quantitative estimate of drug-likeness (QED) is 0.827. The van der Waals surface area contributed by atoms with Gasteiger partial charge in [0.15, 0.2) is 0 Å². The Morgan fingerprint density at radius 1 is 1.18 bits per heavy atom. The van der Waals surface area contributed by atoms with Gasteiger partial charge in [-0.15, -0.1) is 0 Å². The number of aromatic nitrogens is 1. The molecule has 1 aromatic carbocycles. The van der Waals surface area contributed by atoms with Crippen molar-refractivity contribution in [2.75, 3.05) is 0 Å². The van der Waals surface area contributed by atoms with Crippen LogP contribution in [0.2, 0.25) is 0 Å². The molecular formula is C13H14N2O2. The van der Waals surface area contributed by atoms with Crippen LogP contribution in [0.25, 0.3) is 5.69 Å². The van der Waals surface area contributed by atoms with Gasteiger partial charge in [-0.05, 0) is 44.2 Å². The standard InChI is InChI=1S/C13H14N2O2/c1-8-3-4-9(2)15(8)11-6-5-10(13(14)17)7-12(11)16/h3-7,16H,1-2H3,(H2,14,17). The van der Waals surface area contributed by atoms with Crippen LogP contribution in [0.15, 0.2) is 30.3 Å². The normalized spacial score (nSPS) is 10.5. The summed E-state index contributed by atoms with van der Waals surface area (Å²) < 4.78 is 1.92. The number of hydrogen-bond acceptors (Lipinski definition) is 2. The first-order chi connectivity index (χ1) is 8.00. The lowest BCUT2D eigenvalue weighted by molar-refractivity contribution is 0.1000. The van der Waals surface area contributed by atoms with Gasteiger partial charge >= 0.3 is 0 Å². The molecule has 4 heteroatoms. The number of nitrogens with zero attached hydrogens (tertiary/aromatic N) is 1. The Morgan fingerprint density at radius 3 is 2.24 bits per heavy atom. The molecule has 2 aromatic rings. The first kappa shape index (κ1) is 11.3. The molecule has 1 heterocycles. The van der Waals surface area contributed by atoms with Crippen molar-refractivity contribution in [1.82, 2.24) is 4.57 Å². The number of phenolic OH excluding ortho intramolecular Hbond substituents is 1. The number of primary amides is 1. The van der Waals surface area contributed by atoms with E-state index in [0.29, 0.717) is 11.3 Å². The first-order valence-corrected chi connectivity index (χ1v) is 5.29. The molecule has 0 aliphatic rings. The molecule has 2 rings (SSSR count). The molecule has 0 saturated carbocycles. The summed E-state index contributed by atoms with van der Waals surface area (Å²) in [5, 5.41) is 9.93. The van der Waals surface area contributed by atoms with Crippen LogP contribution in [0.5, 0.6) is 5.75 Å². The third-order valence-corrected chi connectivity index (χ3v) is 2.77. The summed E-state index contributed by atoms with van der Waals surface area (Å²) in [5.41, 5.74) is 8.14. The Kier molecular flexibility index (Phi) is 2.63. The van der Waals surface area contributed by atoms with Crippen molar-refractivity contribution in [2.24, 2.45) is 5.73 Å². The van der Waals surface area contributed by atoms with E-state index in [9.17, 15) is 9.90 Å². The van der Waals surface area contributed by atoms with E-state index >= 15 is 0 Å². The molecule has 0 saturated heterocycles. The van der Waals surface area contributed by atoms with Gasteiger partial charge in [-0.2, -0.15) is 0 Å². The van der Waals surface area contributed by atoms with Gasteiger partial charge in [-0.25, -0.2) is 0 Å². The number of nitrogens with two attached hydrogens (primary N) is 1. The summed E-state index contributed by atoms with van der Waals surface area (Å²) in [6, 6.07) is 8.62. The van der Waals surface area contributed by atoms with Crippen molar-refractivity contribution in [3.05, 3.63) is 47.3 Å². The molecule has 1 aromatic heterocycles. The van der Waals surface area contributed by atoms with Crippen molar-refractivity contribution in [1.29, 1.82) is 0 Å². The van der Waals surface area contributed by atoms with Gasteiger partial charge in [0.2, 0.25) is 5.91 Å². The number of aromatic hydroxyl groups is 1. The Bertz CT molecular complexity index is 566. The zero-order valence-electron chi connectivity index (χ0n) is 9.77. The largest absolute Gasteiger partial charge is 0.506 e. The predicted molar refractivity (Wildman–Crippen MR) is 65.4 cm³/mol. The van der Waals surface area contributed by atoms with Gasteiger partial charge in [0.25, 0.3) is 0 Å². The van der Waals surface area contributed by atoms with Gasteiger partial charge in [-0.1, -0.05) is 0 Å². The lowest BCUT2D eigenvalue weighted by atomic mass is 10.1. The Hall–Kier alpha value is -2.23. The first-order valence-electron chi connectivity index (χ1n) is 5.29. The molecule has 4 nitrogen and oxygen atoms in total. The van der Waals surface area contributed by atoms with Crippen molar-refractivity contribution in [3.8, 4) is 11.4 Å². The van der Waals surface area contributed by atoms with Crippen LogP contribution in [-0.2, 0) is 0 Å². The third kappa shape index (κ3) is 1.89. The fraction of sp³-hybridized carbons (Fsp3) is 0.154. The summed E-state index contributed by atoms with van der Waals surface area (Å²) in [7, 11) is 0. The van der Waals surface area contributed by atoms with Gasteiger partial charge in [0, 0.05) is 17.0 Å². The van der Waals surface area contributed by atoms with Gasteiger partial charge in [0.1, 0.15) is 5.75 Å². The lowest BCUT2D eigenvalue weighted by Gasteiger charge is -2.11. The molecule has 88 valence electrons. The second kappa shape index (κ2) is 3.97. The molecule has 0 aliphatic carbocycles. The number of amides is 1. The van der Waals surface area contributed by atoms with Crippen LogP contribution < -0.4 is 5.73 Å². The molecule has 3 N–H and O–H groups in total. The Morgan fingerprint density at radius 2 is 1.76 bits per heavy atom. The highest BCUT2D eigenvalue weighted by Crippen LogP contribution is 2.26. The SMILES string of the molecule is Cc1ccc(C)n1-c1ccc(C(N)=O)cc1O. The maximum Gasteiger partial charge on any atom is 0.248 e. The molecule has 0 fully saturated rings. The van der Waals surface area contributed by atoms with Crippen LogP contribution in [-0.4, -0.2) is 15.6 Å². The van der Waals surface area contributed by atoms with Gasteiger partial charge in [-0.3, -0.25) is 4.79 Å². The molecule has 0 atom stereocenters. The molecule has 0 radical (unpaired) electrons. The minimum atomic E-state index is -0.548. The topological polar surface area (TPSA) is 68.2 Å². The van der Waals surface area contributed by atoms with E-state index in [2.05, 4.69) is 0 Å². The number of benzene rings is 1. The van der Waals surface area contributed by atoms with E-state index in [1.165, 1.54) is 6.07 Å². The Labute approximate surface area is 99.3 Å². The molecule has 0 spiro atoms. The fourth-order valence-corrected chi connectivity index (χ4v) is 1.91. The molecular weight excluding hydrogens is 216 g/mol. The molecule has 0 unspecified atom stereocenters. The fourth-order valence-electron chi connectivity index (χ4n) is 1.91. The zero-order chi connectivity index (χ0) is 12.6. The van der Waals surface area contributed by atoms with Crippen LogP contribution >= 0.6 is 0 Å². The molecule has 1 amide bonds. The average Bonchev–Trinajstić information content (AvgIpc) is 2.59. The minimum absolute atomic E-state index is 0.0451. The van der Waals surface area contributed by atoms with Crippen molar-refractivity contribution < 1.29 is 9.90 Å². The maximum atomic E-state index is 11.0. The van der Waals surface area contributed by atoms with Gasteiger partial charge in [0.05, 0.1) is 5.69 Å². The van der Waals surface area contributed by atoms with Gasteiger partial charge < -0.3 is 15.4 Å². The third-order valence-electron chi connectivity index (χ3n) is 2.77. The molecule has 0 aliphatic heterocycles. The zero-order valence-corrected chi connectivity index (χ0v) is 9.77. The number of hydrogen-bond donors (Lipinski definition) is 2. The monoisotopic (exact) mass is 230 g/mol. The smallest absolute Gasteiger partial charge is 0.248 e.